The first-order valence-electron chi connectivity index (χ1n) is 11.2. The van der Waals surface area contributed by atoms with Crippen LogP contribution in [-0.4, -0.2) is 56.6 Å². The highest BCUT2D eigenvalue weighted by molar-refractivity contribution is 5.93. The van der Waals surface area contributed by atoms with Gasteiger partial charge in [-0.25, -0.2) is 22.9 Å². The average molecular weight is 535 g/mol. The van der Waals surface area contributed by atoms with Crippen LogP contribution in [0.5, 0.6) is 0 Å². The normalized spacial score (nSPS) is 14.2. The number of halogens is 6. The van der Waals surface area contributed by atoms with Crippen LogP contribution in [0.1, 0.15) is 47.3 Å². The fraction of sp³-hybridized carbons (Fsp3) is 0.455. The predicted molar refractivity (Wildman–Crippen MR) is 115 cm³/mol. The van der Waals surface area contributed by atoms with E-state index >= 15 is 0 Å². The van der Waals surface area contributed by atoms with Gasteiger partial charge >= 0.3 is 12.3 Å². The molecule has 15 heteroatoms. The number of carbonyl (C=O) groups excluding carboxylic acids is 2. The van der Waals surface area contributed by atoms with Gasteiger partial charge in [-0.2, -0.15) is 13.2 Å². The van der Waals surface area contributed by atoms with Crippen molar-refractivity contribution in [2.24, 2.45) is 0 Å². The van der Waals surface area contributed by atoms with Crippen LogP contribution in [0.15, 0.2) is 12.1 Å². The van der Waals surface area contributed by atoms with Crippen molar-refractivity contribution < 1.29 is 45.8 Å². The van der Waals surface area contributed by atoms with Gasteiger partial charge in [0.15, 0.2) is 17.3 Å². The Morgan fingerprint density at radius 2 is 1.78 bits per heavy atom. The lowest BCUT2D eigenvalue weighted by atomic mass is 10.0. The summed E-state index contributed by atoms with van der Waals surface area (Å²) in [6, 6.07) is -0.431. The van der Waals surface area contributed by atoms with Crippen LogP contribution in [-0.2, 0) is 30.5 Å². The van der Waals surface area contributed by atoms with Crippen molar-refractivity contribution in [3.63, 3.8) is 0 Å². The summed E-state index contributed by atoms with van der Waals surface area (Å²) in [6.07, 6.45) is -6.97. The minimum atomic E-state index is -4.85. The molecule has 0 spiro atoms. The predicted octanol–water partition coefficient (Wildman–Crippen LogP) is 3.07. The Bertz CT molecular complexity index is 1200. The van der Waals surface area contributed by atoms with Gasteiger partial charge in [-0.15, -0.1) is 0 Å². The number of nitrogens with one attached hydrogen (secondary N) is 2. The molecule has 2 heterocycles. The van der Waals surface area contributed by atoms with E-state index in [0.717, 1.165) is 9.47 Å². The number of amides is 3. The number of hydrogen-bond donors (Lipinski definition) is 3. The van der Waals surface area contributed by atoms with Crippen molar-refractivity contribution in [2.75, 3.05) is 13.1 Å². The number of benzene rings is 1. The van der Waals surface area contributed by atoms with Gasteiger partial charge < -0.3 is 25.2 Å². The number of hydrogen-bond acceptors (Lipinski definition) is 4. The summed E-state index contributed by atoms with van der Waals surface area (Å²) in [4.78, 5) is 41.2. The maximum Gasteiger partial charge on any atom is 0.449 e. The molecule has 3 rings (SSSR count). The maximum absolute atomic E-state index is 14.1. The van der Waals surface area contributed by atoms with E-state index < -0.39 is 78.5 Å². The first-order valence-corrected chi connectivity index (χ1v) is 11.2. The summed E-state index contributed by atoms with van der Waals surface area (Å²) in [7, 11) is 0. The van der Waals surface area contributed by atoms with E-state index in [0.29, 0.717) is 18.6 Å². The Morgan fingerprint density at radius 1 is 1.11 bits per heavy atom. The van der Waals surface area contributed by atoms with Crippen LogP contribution in [0.3, 0.4) is 0 Å². The monoisotopic (exact) mass is 535 g/mol. The van der Waals surface area contributed by atoms with E-state index in [-0.39, 0.29) is 30.9 Å². The average Bonchev–Trinajstić information content (AvgIpc) is 3.20. The highest BCUT2D eigenvalue weighted by Crippen LogP contribution is 2.32. The lowest BCUT2D eigenvalue weighted by Gasteiger charge is -2.31. The number of rotatable bonds is 8. The van der Waals surface area contributed by atoms with Gasteiger partial charge in [0.25, 0.3) is 5.91 Å². The molecular weight excluding hydrogens is 512 g/mol. The third-order valence-corrected chi connectivity index (χ3v) is 5.67. The molecule has 202 valence electrons. The van der Waals surface area contributed by atoms with E-state index in [4.69, 9.17) is 5.11 Å². The fourth-order valence-corrected chi connectivity index (χ4v) is 3.98. The zero-order valence-corrected chi connectivity index (χ0v) is 19.5. The molecule has 1 aliphatic heterocycles. The summed E-state index contributed by atoms with van der Waals surface area (Å²) in [5.41, 5.74) is -1.01. The zero-order chi connectivity index (χ0) is 27.5. The second-order valence-corrected chi connectivity index (χ2v) is 8.36. The molecule has 0 bridgehead atoms. The Morgan fingerprint density at radius 3 is 2.41 bits per heavy atom. The van der Waals surface area contributed by atoms with Crippen molar-refractivity contribution in [1.82, 2.24) is 25.1 Å². The molecule has 0 radical (unpaired) electrons. The Hall–Kier alpha value is -3.78. The fourth-order valence-electron chi connectivity index (χ4n) is 3.98. The van der Waals surface area contributed by atoms with Crippen LogP contribution < -0.4 is 10.6 Å². The van der Waals surface area contributed by atoms with E-state index in [1.807, 2.05) is 5.32 Å². The van der Waals surface area contributed by atoms with Crippen LogP contribution in [0.4, 0.5) is 31.1 Å². The molecule has 1 aliphatic rings. The van der Waals surface area contributed by atoms with Crippen molar-refractivity contribution in [1.29, 1.82) is 0 Å². The maximum atomic E-state index is 14.1. The molecule has 3 N–H and O–H groups in total. The second-order valence-electron chi connectivity index (χ2n) is 8.36. The number of alkyl halides is 3. The molecule has 0 saturated heterocycles. The van der Waals surface area contributed by atoms with E-state index in [1.165, 1.54) is 0 Å². The van der Waals surface area contributed by atoms with Crippen molar-refractivity contribution in [3.05, 3.63) is 52.4 Å². The first kappa shape index (κ1) is 27.8. The van der Waals surface area contributed by atoms with Crippen LogP contribution in [0, 0.1) is 17.5 Å². The lowest BCUT2D eigenvalue weighted by Crippen LogP contribution is -2.44. The molecule has 1 aromatic heterocycles. The van der Waals surface area contributed by atoms with Gasteiger partial charge in [0.1, 0.15) is 5.82 Å². The summed E-state index contributed by atoms with van der Waals surface area (Å²) in [6.45, 7) is 0.978. The van der Waals surface area contributed by atoms with Crippen LogP contribution in [0.2, 0.25) is 0 Å². The first-order chi connectivity index (χ1) is 17.3. The lowest BCUT2D eigenvalue weighted by molar-refractivity contribution is -0.148. The molecule has 0 saturated carbocycles. The van der Waals surface area contributed by atoms with Gasteiger partial charge in [-0.05, 0) is 24.5 Å². The molecule has 0 unspecified atom stereocenters. The van der Waals surface area contributed by atoms with Gasteiger partial charge in [-0.3, -0.25) is 9.59 Å². The van der Waals surface area contributed by atoms with E-state index in [9.17, 15) is 40.7 Å². The molecular formula is C22H23F6N5O4. The molecule has 0 fully saturated rings. The molecule has 37 heavy (non-hydrogen) atoms. The highest BCUT2D eigenvalue weighted by atomic mass is 19.4. The molecule has 2 aromatic rings. The number of imidazole rings is 1. The Kier molecular flexibility index (Phi) is 8.33. The zero-order valence-electron chi connectivity index (χ0n) is 19.5. The number of nitrogens with zero attached hydrogens (tertiary/aromatic N) is 3. The number of carbonyl (C=O) groups is 3. The SMILES string of the molecule is CCCNC(=O)c1nc(C(F)(F)F)n2c1CN(C(=O)C[C@@H](Cc1cc(F)c(F)cc1F)NC(=O)O)CC2. The van der Waals surface area contributed by atoms with Gasteiger partial charge in [0.2, 0.25) is 11.7 Å². The van der Waals surface area contributed by atoms with E-state index in [2.05, 4.69) is 10.3 Å². The number of fused-ring (bicyclic) bond motifs is 1. The van der Waals surface area contributed by atoms with Crippen LogP contribution >= 0.6 is 0 Å². The largest absolute Gasteiger partial charge is 0.465 e. The van der Waals surface area contributed by atoms with Gasteiger partial charge in [-0.1, -0.05) is 6.92 Å². The molecule has 1 aromatic carbocycles. The minimum absolute atomic E-state index is 0.144. The summed E-state index contributed by atoms with van der Waals surface area (Å²) >= 11 is 0. The minimum Gasteiger partial charge on any atom is -0.465 e. The number of carboxylic acid groups (broad SMARTS) is 1. The third kappa shape index (κ3) is 6.51. The van der Waals surface area contributed by atoms with Gasteiger partial charge in [0, 0.05) is 38.2 Å². The topological polar surface area (TPSA) is 117 Å². The third-order valence-electron chi connectivity index (χ3n) is 5.67. The van der Waals surface area contributed by atoms with Crippen molar-refractivity contribution in [3.8, 4) is 0 Å². The standard InChI is InChI=1S/C22H23F6N5O4/c1-2-3-29-19(35)18-16-10-32(4-5-33(16)20(31-18)22(26,27)28)17(34)8-12(30-21(36)37)6-11-7-14(24)15(25)9-13(11)23/h7,9,12,30H,2-6,8,10H2,1H3,(H,29,35)(H,36,37)/t12-/m1/s1. The Labute approximate surface area is 206 Å². The highest BCUT2D eigenvalue weighted by Gasteiger charge is 2.41. The molecule has 1 atom stereocenters. The quantitative estimate of drug-likeness (QED) is 0.355. The van der Waals surface area contributed by atoms with Gasteiger partial charge in [0.05, 0.1) is 12.2 Å². The van der Waals surface area contributed by atoms with Crippen molar-refractivity contribution in [2.45, 2.75) is 51.5 Å². The smallest absolute Gasteiger partial charge is 0.449 e. The molecule has 3 amide bonds. The van der Waals surface area contributed by atoms with Crippen molar-refractivity contribution >= 4 is 17.9 Å². The molecule has 0 aliphatic carbocycles. The van der Waals surface area contributed by atoms with Crippen LogP contribution in [0.25, 0.3) is 0 Å². The second kappa shape index (κ2) is 11.1. The summed E-state index contributed by atoms with van der Waals surface area (Å²) in [5.74, 6) is -6.79. The molecule has 9 nitrogen and oxygen atoms in total. The summed E-state index contributed by atoms with van der Waals surface area (Å²) < 4.78 is 82.2. The van der Waals surface area contributed by atoms with E-state index in [1.54, 1.807) is 6.92 Å². The Balaban J connectivity index is 1.83. The summed E-state index contributed by atoms with van der Waals surface area (Å²) in [5, 5.41) is 13.6. The number of aromatic nitrogens is 2.